The second-order valence-corrected chi connectivity index (χ2v) is 6.95. The minimum atomic E-state index is -0.274. The lowest BCUT2D eigenvalue weighted by molar-refractivity contribution is -0.118. The Balaban J connectivity index is 1.47. The fourth-order valence-corrected chi connectivity index (χ4v) is 2.73. The highest BCUT2D eigenvalue weighted by atomic mass is 79.9. The van der Waals surface area contributed by atoms with Crippen molar-refractivity contribution in [2.45, 2.75) is 6.54 Å². The molecule has 28 heavy (non-hydrogen) atoms. The van der Waals surface area contributed by atoms with E-state index in [0.29, 0.717) is 23.5 Å². The van der Waals surface area contributed by atoms with Gasteiger partial charge in [0.05, 0.1) is 0 Å². The van der Waals surface area contributed by atoms with Crippen molar-refractivity contribution in [2.24, 2.45) is 0 Å². The molecule has 3 aromatic carbocycles. The van der Waals surface area contributed by atoms with E-state index < -0.39 is 0 Å². The normalized spacial score (nSPS) is 10.2. The zero-order valence-electron chi connectivity index (χ0n) is 15.0. The summed E-state index contributed by atoms with van der Waals surface area (Å²) in [5.41, 5.74) is 2.16. The first-order chi connectivity index (χ1) is 13.6. The summed E-state index contributed by atoms with van der Waals surface area (Å²) in [5.74, 6) is 0.174. The van der Waals surface area contributed by atoms with Crippen LogP contribution in [-0.2, 0) is 11.3 Å². The van der Waals surface area contributed by atoms with E-state index in [0.717, 1.165) is 10.0 Å². The van der Waals surface area contributed by atoms with Crippen molar-refractivity contribution in [3.8, 4) is 5.75 Å². The highest BCUT2D eigenvalue weighted by molar-refractivity contribution is 9.10. The summed E-state index contributed by atoms with van der Waals surface area (Å²) in [6.07, 6.45) is 0. The number of amides is 2. The fourth-order valence-electron chi connectivity index (χ4n) is 2.46. The first-order valence-corrected chi connectivity index (χ1v) is 9.50. The summed E-state index contributed by atoms with van der Waals surface area (Å²) >= 11 is 3.34. The maximum absolute atomic E-state index is 12.2. The number of ether oxygens (including phenoxy) is 1. The first-order valence-electron chi connectivity index (χ1n) is 8.70. The van der Waals surface area contributed by atoms with Crippen LogP contribution in [0.25, 0.3) is 0 Å². The lowest BCUT2D eigenvalue weighted by atomic mass is 10.1. The van der Waals surface area contributed by atoms with E-state index in [-0.39, 0.29) is 18.4 Å². The van der Waals surface area contributed by atoms with E-state index in [1.807, 2.05) is 42.5 Å². The van der Waals surface area contributed by atoms with Gasteiger partial charge in [0.1, 0.15) is 5.75 Å². The molecule has 0 saturated heterocycles. The second-order valence-electron chi connectivity index (χ2n) is 6.04. The molecule has 0 aliphatic rings. The molecule has 5 nitrogen and oxygen atoms in total. The van der Waals surface area contributed by atoms with Gasteiger partial charge in [0.15, 0.2) is 6.61 Å². The molecule has 3 rings (SSSR count). The minimum absolute atomic E-state index is 0.0963. The molecule has 0 aliphatic carbocycles. The standard InChI is InChI=1S/C22H19BrN2O3/c23-18-8-12-20(13-9-18)28-15-21(26)25-19-10-6-17(7-11-19)22(27)24-14-16-4-2-1-3-5-16/h1-13H,14-15H2,(H,24,27)(H,25,26). The van der Waals surface area contributed by atoms with Gasteiger partial charge in [-0.05, 0) is 54.1 Å². The van der Waals surface area contributed by atoms with Crippen LogP contribution in [0.3, 0.4) is 0 Å². The molecular formula is C22H19BrN2O3. The summed E-state index contributed by atoms with van der Waals surface area (Å²) < 4.78 is 6.38. The Morgan fingerprint density at radius 2 is 1.54 bits per heavy atom. The molecule has 6 heteroatoms. The lowest BCUT2D eigenvalue weighted by Crippen LogP contribution is -2.23. The zero-order chi connectivity index (χ0) is 19.8. The predicted molar refractivity (Wildman–Crippen MR) is 112 cm³/mol. The van der Waals surface area contributed by atoms with Gasteiger partial charge in [0.25, 0.3) is 11.8 Å². The van der Waals surface area contributed by atoms with Crippen LogP contribution in [0, 0.1) is 0 Å². The number of carbonyl (C=O) groups excluding carboxylic acids is 2. The number of anilines is 1. The highest BCUT2D eigenvalue weighted by Gasteiger charge is 2.07. The van der Waals surface area contributed by atoms with Gasteiger partial charge in [-0.15, -0.1) is 0 Å². The smallest absolute Gasteiger partial charge is 0.262 e. The molecule has 0 spiro atoms. The second kappa shape index (κ2) is 9.71. The average molecular weight is 439 g/mol. The van der Waals surface area contributed by atoms with Crippen LogP contribution in [0.1, 0.15) is 15.9 Å². The van der Waals surface area contributed by atoms with Crippen molar-refractivity contribution in [1.82, 2.24) is 5.32 Å². The third-order valence-corrected chi connectivity index (χ3v) is 4.44. The van der Waals surface area contributed by atoms with Gasteiger partial charge in [0, 0.05) is 22.3 Å². The SMILES string of the molecule is O=C(COc1ccc(Br)cc1)Nc1ccc(C(=O)NCc2ccccc2)cc1. The number of hydrogen-bond donors (Lipinski definition) is 2. The van der Waals surface area contributed by atoms with Crippen LogP contribution in [0.5, 0.6) is 5.75 Å². The Bertz CT molecular complexity index is 926. The maximum atomic E-state index is 12.2. The topological polar surface area (TPSA) is 67.4 Å². The summed E-state index contributed by atoms with van der Waals surface area (Å²) in [5, 5.41) is 5.61. The molecule has 0 bridgehead atoms. The number of rotatable bonds is 7. The van der Waals surface area contributed by atoms with E-state index in [1.54, 1.807) is 36.4 Å². The Morgan fingerprint density at radius 3 is 2.21 bits per heavy atom. The summed E-state index contributed by atoms with van der Waals surface area (Å²) in [6.45, 7) is 0.368. The van der Waals surface area contributed by atoms with Crippen molar-refractivity contribution >= 4 is 33.4 Å². The monoisotopic (exact) mass is 438 g/mol. The first kappa shape index (κ1) is 19.6. The van der Waals surface area contributed by atoms with E-state index in [1.165, 1.54) is 0 Å². The summed E-state index contributed by atoms with van der Waals surface area (Å²) in [6, 6.07) is 23.7. The molecule has 2 N–H and O–H groups in total. The molecule has 3 aromatic rings. The molecule has 0 unspecified atom stereocenters. The van der Waals surface area contributed by atoms with Gasteiger partial charge in [-0.1, -0.05) is 46.3 Å². The molecule has 0 heterocycles. The van der Waals surface area contributed by atoms with Crippen molar-refractivity contribution in [3.05, 3.63) is 94.5 Å². The Labute approximate surface area is 171 Å². The lowest BCUT2D eigenvalue weighted by Gasteiger charge is -2.09. The van der Waals surface area contributed by atoms with E-state index >= 15 is 0 Å². The highest BCUT2D eigenvalue weighted by Crippen LogP contribution is 2.16. The van der Waals surface area contributed by atoms with Gasteiger partial charge in [-0.3, -0.25) is 9.59 Å². The average Bonchev–Trinajstić information content (AvgIpc) is 2.73. The third-order valence-electron chi connectivity index (χ3n) is 3.91. The van der Waals surface area contributed by atoms with Crippen LogP contribution in [-0.4, -0.2) is 18.4 Å². The van der Waals surface area contributed by atoms with Crippen molar-refractivity contribution < 1.29 is 14.3 Å². The van der Waals surface area contributed by atoms with Gasteiger partial charge >= 0.3 is 0 Å². The third kappa shape index (κ3) is 5.96. The molecule has 0 atom stereocenters. The van der Waals surface area contributed by atoms with Crippen molar-refractivity contribution in [1.29, 1.82) is 0 Å². The molecule has 142 valence electrons. The fraction of sp³-hybridized carbons (Fsp3) is 0.0909. The Kier molecular flexibility index (Phi) is 6.81. The van der Waals surface area contributed by atoms with E-state index in [4.69, 9.17) is 4.74 Å². The van der Waals surface area contributed by atoms with Crippen LogP contribution in [0.4, 0.5) is 5.69 Å². The molecule has 0 fully saturated rings. The van der Waals surface area contributed by atoms with E-state index in [9.17, 15) is 9.59 Å². The minimum Gasteiger partial charge on any atom is -0.484 e. The molecule has 0 aromatic heterocycles. The summed E-state index contributed by atoms with van der Waals surface area (Å²) in [7, 11) is 0. The van der Waals surface area contributed by atoms with Gasteiger partial charge < -0.3 is 15.4 Å². The molecule has 0 aliphatic heterocycles. The number of nitrogens with one attached hydrogen (secondary N) is 2. The van der Waals surface area contributed by atoms with Gasteiger partial charge in [-0.2, -0.15) is 0 Å². The van der Waals surface area contributed by atoms with Gasteiger partial charge in [-0.25, -0.2) is 0 Å². The van der Waals surface area contributed by atoms with Crippen LogP contribution in [0.2, 0.25) is 0 Å². The maximum Gasteiger partial charge on any atom is 0.262 e. The van der Waals surface area contributed by atoms with Crippen LogP contribution < -0.4 is 15.4 Å². The Morgan fingerprint density at radius 1 is 0.857 bits per heavy atom. The van der Waals surface area contributed by atoms with Crippen LogP contribution >= 0.6 is 15.9 Å². The zero-order valence-corrected chi connectivity index (χ0v) is 16.6. The molecule has 2 amide bonds. The largest absolute Gasteiger partial charge is 0.484 e. The van der Waals surface area contributed by atoms with E-state index in [2.05, 4.69) is 26.6 Å². The number of halogens is 1. The molecular weight excluding hydrogens is 420 g/mol. The van der Waals surface area contributed by atoms with Crippen LogP contribution in [0.15, 0.2) is 83.3 Å². The number of benzene rings is 3. The van der Waals surface area contributed by atoms with Crippen molar-refractivity contribution in [3.63, 3.8) is 0 Å². The van der Waals surface area contributed by atoms with Gasteiger partial charge in [0.2, 0.25) is 0 Å². The number of carbonyl (C=O) groups is 2. The molecule has 0 saturated carbocycles. The Hall–Kier alpha value is -3.12. The van der Waals surface area contributed by atoms with Crippen molar-refractivity contribution in [2.75, 3.05) is 11.9 Å². The summed E-state index contributed by atoms with van der Waals surface area (Å²) in [4.78, 5) is 24.2. The quantitative estimate of drug-likeness (QED) is 0.574. The molecule has 0 radical (unpaired) electrons. The predicted octanol–water partition coefficient (Wildman–Crippen LogP) is 4.40. The number of hydrogen-bond acceptors (Lipinski definition) is 3.